The van der Waals surface area contributed by atoms with Gasteiger partial charge in [-0.05, 0) is 35.6 Å². The summed E-state index contributed by atoms with van der Waals surface area (Å²) in [6, 6.07) is 16.0. The number of nitrogens with zero attached hydrogens (tertiary/aromatic N) is 1. The van der Waals surface area contributed by atoms with E-state index in [1.54, 1.807) is 12.1 Å². The molecular formula is C17H15FN2O. The second-order valence-corrected chi connectivity index (χ2v) is 5.15. The molecule has 2 unspecified atom stereocenters. The zero-order valence-electron chi connectivity index (χ0n) is 11.4. The largest absolute Gasteiger partial charge is 0.273 e. The molecule has 1 fully saturated rings. The van der Waals surface area contributed by atoms with Crippen LogP contribution in [0.15, 0.2) is 59.7 Å². The van der Waals surface area contributed by atoms with Gasteiger partial charge in [0, 0.05) is 5.92 Å². The smallest absolute Gasteiger partial charge is 0.243 e. The van der Waals surface area contributed by atoms with Gasteiger partial charge in [0.25, 0.3) is 0 Å². The first-order valence-corrected chi connectivity index (χ1v) is 6.87. The van der Waals surface area contributed by atoms with Crippen molar-refractivity contribution in [3.8, 4) is 0 Å². The molecule has 3 rings (SSSR count). The average molecular weight is 282 g/mol. The van der Waals surface area contributed by atoms with E-state index in [0.29, 0.717) is 5.56 Å². The molecule has 2 atom stereocenters. The van der Waals surface area contributed by atoms with Crippen molar-refractivity contribution in [3.05, 3.63) is 71.5 Å². The van der Waals surface area contributed by atoms with Gasteiger partial charge in [-0.3, -0.25) is 4.79 Å². The van der Waals surface area contributed by atoms with Crippen LogP contribution in [0.25, 0.3) is 0 Å². The van der Waals surface area contributed by atoms with Gasteiger partial charge in [0.15, 0.2) is 0 Å². The van der Waals surface area contributed by atoms with Crippen molar-refractivity contribution in [2.24, 2.45) is 11.0 Å². The molecule has 0 radical (unpaired) electrons. The van der Waals surface area contributed by atoms with Crippen LogP contribution in [0.3, 0.4) is 0 Å². The molecule has 2 aromatic rings. The third-order valence-electron chi connectivity index (χ3n) is 3.59. The summed E-state index contributed by atoms with van der Waals surface area (Å²) in [5.41, 5.74) is 4.32. The fraction of sp³-hybridized carbons (Fsp3) is 0.176. The zero-order valence-corrected chi connectivity index (χ0v) is 11.4. The van der Waals surface area contributed by atoms with Crippen molar-refractivity contribution in [1.82, 2.24) is 5.43 Å². The Bertz CT molecular complexity index is 670. The first-order chi connectivity index (χ1) is 10.2. The molecule has 0 heterocycles. The van der Waals surface area contributed by atoms with Crippen LogP contribution in [0.2, 0.25) is 0 Å². The van der Waals surface area contributed by atoms with E-state index >= 15 is 0 Å². The topological polar surface area (TPSA) is 41.5 Å². The van der Waals surface area contributed by atoms with Crippen molar-refractivity contribution in [2.75, 3.05) is 0 Å². The number of rotatable bonds is 4. The normalized spacial score (nSPS) is 20.4. The number of hydrogen-bond donors (Lipinski definition) is 1. The van der Waals surface area contributed by atoms with E-state index in [1.807, 2.05) is 30.3 Å². The summed E-state index contributed by atoms with van der Waals surface area (Å²) in [5, 5.41) is 3.88. The monoisotopic (exact) mass is 282 g/mol. The number of carbonyl (C=O) groups is 1. The minimum atomic E-state index is -0.323. The third-order valence-corrected chi connectivity index (χ3v) is 3.59. The quantitative estimate of drug-likeness (QED) is 0.679. The van der Waals surface area contributed by atoms with Crippen LogP contribution >= 0.6 is 0 Å². The van der Waals surface area contributed by atoms with Crippen LogP contribution in [-0.2, 0) is 4.79 Å². The highest BCUT2D eigenvalue weighted by atomic mass is 19.1. The van der Waals surface area contributed by atoms with Gasteiger partial charge in [-0.1, -0.05) is 42.5 Å². The standard InChI is InChI=1S/C17H15FN2O/c18-14-8-4-5-12(9-14)11-19-20-17(21)16-10-15(16)13-6-2-1-3-7-13/h1-9,11,15-16H,10H2,(H,20,21). The van der Waals surface area contributed by atoms with E-state index in [4.69, 9.17) is 0 Å². The lowest BCUT2D eigenvalue weighted by Crippen LogP contribution is -2.20. The summed E-state index contributed by atoms with van der Waals surface area (Å²) in [6.07, 6.45) is 2.30. The molecular weight excluding hydrogens is 267 g/mol. The van der Waals surface area contributed by atoms with Crippen molar-refractivity contribution >= 4 is 12.1 Å². The summed E-state index contributed by atoms with van der Waals surface area (Å²) in [6.45, 7) is 0. The average Bonchev–Trinajstić information content (AvgIpc) is 3.29. The molecule has 0 aromatic heterocycles. The maximum absolute atomic E-state index is 13.0. The Hall–Kier alpha value is -2.49. The third kappa shape index (κ3) is 3.34. The summed E-state index contributed by atoms with van der Waals surface area (Å²) in [4.78, 5) is 11.9. The highest BCUT2D eigenvalue weighted by Crippen LogP contribution is 2.47. The Kier molecular flexibility index (Phi) is 3.77. The van der Waals surface area contributed by atoms with Gasteiger partial charge >= 0.3 is 0 Å². The SMILES string of the molecule is O=C(NN=Cc1cccc(F)c1)C1CC1c1ccccc1. The summed E-state index contributed by atoms with van der Waals surface area (Å²) in [5.74, 6) is -0.138. The van der Waals surface area contributed by atoms with E-state index in [1.165, 1.54) is 23.9 Å². The van der Waals surface area contributed by atoms with Crippen molar-refractivity contribution < 1.29 is 9.18 Å². The maximum Gasteiger partial charge on any atom is 0.243 e. The first-order valence-electron chi connectivity index (χ1n) is 6.87. The van der Waals surface area contributed by atoms with Gasteiger partial charge in [-0.25, -0.2) is 9.82 Å². The Balaban J connectivity index is 1.54. The molecule has 1 saturated carbocycles. The van der Waals surface area contributed by atoms with Crippen molar-refractivity contribution in [2.45, 2.75) is 12.3 Å². The van der Waals surface area contributed by atoms with Gasteiger partial charge in [-0.2, -0.15) is 5.10 Å². The lowest BCUT2D eigenvalue weighted by molar-refractivity contribution is -0.122. The summed E-state index contributed by atoms with van der Waals surface area (Å²) in [7, 11) is 0. The number of hydrazone groups is 1. The van der Waals surface area contributed by atoms with E-state index in [-0.39, 0.29) is 23.6 Å². The van der Waals surface area contributed by atoms with Gasteiger partial charge in [-0.15, -0.1) is 0 Å². The molecule has 1 aliphatic rings. The molecule has 4 heteroatoms. The molecule has 1 amide bonds. The number of nitrogens with one attached hydrogen (secondary N) is 1. The lowest BCUT2D eigenvalue weighted by atomic mass is 10.1. The predicted molar refractivity (Wildman–Crippen MR) is 79.4 cm³/mol. The number of benzene rings is 2. The second-order valence-electron chi connectivity index (χ2n) is 5.15. The molecule has 1 aliphatic carbocycles. The van der Waals surface area contributed by atoms with Crippen LogP contribution < -0.4 is 5.43 Å². The van der Waals surface area contributed by atoms with Gasteiger partial charge in [0.1, 0.15) is 5.82 Å². The highest BCUT2D eigenvalue weighted by molar-refractivity contribution is 5.85. The predicted octanol–water partition coefficient (Wildman–Crippen LogP) is 3.08. The van der Waals surface area contributed by atoms with Crippen LogP contribution in [0.5, 0.6) is 0 Å². The zero-order chi connectivity index (χ0) is 14.7. The van der Waals surface area contributed by atoms with Crippen molar-refractivity contribution in [1.29, 1.82) is 0 Å². The molecule has 3 nitrogen and oxygen atoms in total. The van der Waals surface area contributed by atoms with Crippen LogP contribution in [0, 0.1) is 11.7 Å². The summed E-state index contributed by atoms with van der Waals surface area (Å²) >= 11 is 0. The van der Waals surface area contributed by atoms with E-state index in [9.17, 15) is 9.18 Å². The van der Waals surface area contributed by atoms with E-state index in [2.05, 4.69) is 10.5 Å². The Morgan fingerprint density at radius 1 is 1.19 bits per heavy atom. The van der Waals surface area contributed by atoms with Crippen LogP contribution in [0.4, 0.5) is 4.39 Å². The molecule has 106 valence electrons. The fourth-order valence-corrected chi connectivity index (χ4v) is 2.39. The van der Waals surface area contributed by atoms with Gasteiger partial charge in [0.05, 0.1) is 6.21 Å². The fourth-order valence-electron chi connectivity index (χ4n) is 2.39. The second kappa shape index (κ2) is 5.87. The van der Waals surface area contributed by atoms with Crippen LogP contribution in [0.1, 0.15) is 23.5 Å². The highest BCUT2D eigenvalue weighted by Gasteiger charge is 2.43. The van der Waals surface area contributed by atoms with Gasteiger partial charge < -0.3 is 0 Å². The molecule has 1 N–H and O–H groups in total. The minimum Gasteiger partial charge on any atom is -0.273 e. The van der Waals surface area contributed by atoms with Crippen LogP contribution in [-0.4, -0.2) is 12.1 Å². The van der Waals surface area contributed by atoms with Gasteiger partial charge in [0.2, 0.25) is 5.91 Å². The first kappa shape index (κ1) is 13.5. The molecule has 0 spiro atoms. The number of carbonyl (C=O) groups excluding carboxylic acids is 1. The van der Waals surface area contributed by atoms with E-state index in [0.717, 1.165) is 6.42 Å². The maximum atomic E-state index is 13.0. The Labute approximate surface area is 122 Å². The Morgan fingerprint density at radius 3 is 2.76 bits per heavy atom. The van der Waals surface area contributed by atoms with Crippen molar-refractivity contribution in [3.63, 3.8) is 0 Å². The number of amides is 1. The van der Waals surface area contributed by atoms with E-state index < -0.39 is 0 Å². The lowest BCUT2D eigenvalue weighted by Gasteiger charge is -2.00. The summed E-state index contributed by atoms with van der Waals surface area (Å²) < 4.78 is 13.0. The molecule has 0 saturated heterocycles. The molecule has 21 heavy (non-hydrogen) atoms. The molecule has 0 aliphatic heterocycles. The molecule has 2 aromatic carbocycles. The Morgan fingerprint density at radius 2 is 2.00 bits per heavy atom. The minimum absolute atomic E-state index is 0.0166. The number of hydrogen-bond acceptors (Lipinski definition) is 2. The molecule has 0 bridgehead atoms. The number of halogens is 1.